The Morgan fingerprint density at radius 1 is 1.41 bits per heavy atom. The summed E-state index contributed by atoms with van der Waals surface area (Å²) in [5.41, 5.74) is 5.64. The van der Waals surface area contributed by atoms with Crippen LogP contribution in [0.1, 0.15) is 26.2 Å². The summed E-state index contributed by atoms with van der Waals surface area (Å²) in [6, 6.07) is 2.97. The van der Waals surface area contributed by atoms with Gasteiger partial charge in [-0.15, -0.1) is 0 Å². The van der Waals surface area contributed by atoms with Crippen LogP contribution in [0.2, 0.25) is 0 Å². The fourth-order valence-electron chi connectivity index (χ4n) is 2.82. The van der Waals surface area contributed by atoms with Gasteiger partial charge in [-0.05, 0) is 32.2 Å². The van der Waals surface area contributed by atoms with E-state index in [1.165, 1.54) is 6.42 Å². The maximum absolute atomic E-state index is 9.29. The molecular weight excluding hydrogens is 212 g/mol. The van der Waals surface area contributed by atoms with Gasteiger partial charge < -0.3 is 10.6 Å². The number of nitrogens with zero attached hydrogens (tertiary/aromatic N) is 3. The second kappa shape index (κ2) is 4.93. The molecule has 0 spiro atoms. The Morgan fingerprint density at radius 2 is 2.12 bits per heavy atom. The minimum Gasteiger partial charge on any atom is -0.312 e. The highest BCUT2D eigenvalue weighted by Crippen LogP contribution is 2.38. The largest absolute Gasteiger partial charge is 0.312 e. The van der Waals surface area contributed by atoms with Crippen LogP contribution in [-0.2, 0) is 0 Å². The molecule has 2 fully saturated rings. The highest BCUT2D eigenvalue weighted by molar-refractivity contribution is 5.15. The van der Waals surface area contributed by atoms with E-state index in [0.717, 1.165) is 39.0 Å². The molecule has 0 amide bonds. The Hall–Kier alpha value is -0.630. The third-order valence-corrected chi connectivity index (χ3v) is 4.33. The fraction of sp³-hybridized carbons (Fsp3) is 0.923. The van der Waals surface area contributed by atoms with E-state index in [0.29, 0.717) is 12.0 Å². The van der Waals surface area contributed by atoms with Crippen molar-refractivity contribution in [2.75, 3.05) is 33.2 Å². The van der Waals surface area contributed by atoms with E-state index >= 15 is 0 Å². The molecule has 0 aromatic heterocycles. The summed E-state index contributed by atoms with van der Waals surface area (Å²) in [5.74, 6) is 0.437. The average Bonchev–Trinajstić information content (AvgIpc) is 3.16. The summed E-state index contributed by atoms with van der Waals surface area (Å²) in [6.07, 6.45) is 3.44. The number of piperazine rings is 1. The van der Waals surface area contributed by atoms with Gasteiger partial charge in [0.15, 0.2) is 0 Å². The lowest BCUT2D eigenvalue weighted by molar-refractivity contribution is 0.0802. The Balaban J connectivity index is 1.93. The van der Waals surface area contributed by atoms with Crippen molar-refractivity contribution < 1.29 is 0 Å². The van der Waals surface area contributed by atoms with Crippen LogP contribution in [0.4, 0.5) is 0 Å². The maximum atomic E-state index is 9.29. The quantitative estimate of drug-likeness (QED) is 0.778. The van der Waals surface area contributed by atoms with Crippen LogP contribution in [0.25, 0.3) is 0 Å². The molecule has 96 valence electrons. The first-order valence-corrected chi connectivity index (χ1v) is 6.71. The summed E-state index contributed by atoms with van der Waals surface area (Å²) < 4.78 is 0. The fourth-order valence-corrected chi connectivity index (χ4v) is 2.82. The van der Waals surface area contributed by atoms with Crippen molar-refractivity contribution in [2.45, 2.75) is 37.8 Å². The van der Waals surface area contributed by atoms with Crippen LogP contribution in [0, 0.1) is 17.2 Å². The first kappa shape index (κ1) is 12.8. The summed E-state index contributed by atoms with van der Waals surface area (Å²) in [7, 11) is 2.19. The predicted octanol–water partition coefficient (Wildman–Crippen LogP) is 0.643. The zero-order chi connectivity index (χ0) is 12.5. The number of nitrogens with two attached hydrogens (primary N) is 1. The van der Waals surface area contributed by atoms with Crippen LogP contribution < -0.4 is 5.73 Å². The predicted molar refractivity (Wildman–Crippen MR) is 68.4 cm³/mol. The lowest BCUT2D eigenvalue weighted by atomic mass is 9.95. The molecular formula is C13H24N4. The monoisotopic (exact) mass is 236 g/mol. The van der Waals surface area contributed by atoms with Crippen molar-refractivity contribution in [1.29, 1.82) is 5.26 Å². The van der Waals surface area contributed by atoms with E-state index in [1.807, 2.05) is 0 Å². The lowest BCUT2D eigenvalue weighted by Crippen LogP contribution is -2.58. The normalized spacial score (nSPS) is 30.8. The highest BCUT2D eigenvalue weighted by atomic mass is 15.3. The molecule has 1 heterocycles. The van der Waals surface area contributed by atoms with Gasteiger partial charge in [0, 0.05) is 32.2 Å². The van der Waals surface area contributed by atoms with Gasteiger partial charge in [-0.1, -0.05) is 6.92 Å². The topological polar surface area (TPSA) is 56.3 Å². The van der Waals surface area contributed by atoms with Crippen molar-refractivity contribution in [3.05, 3.63) is 0 Å². The molecule has 0 radical (unpaired) electrons. The molecule has 2 atom stereocenters. The van der Waals surface area contributed by atoms with Crippen LogP contribution in [0.15, 0.2) is 0 Å². The highest BCUT2D eigenvalue weighted by Gasteiger charge is 2.44. The van der Waals surface area contributed by atoms with Crippen molar-refractivity contribution in [2.24, 2.45) is 11.7 Å². The second-order valence-corrected chi connectivity index (χ2v) is 5.70. The van der Waals surface area contributed by atoms with Gasteiger partial charge in [0.05, 0.1) is 6.07 Å². The van der Waals surface area contributed by atoms with Gasteiger partial charge in [0.25, 0.3) is 0 Å². The molecule has 4 nitrogen and oxygen atoms in total. The molecule has 0 aromatic carbocycles. The van der Waals surface area contributed by atoms with Crippen LogP contribution in [0.5, 0.6) is 0 Å². The summed E-state index contributed by atoms with van der Waals surface area (Å²) >= 11 is 0. The minimum absolute atomic E-state index is 0.437. The Kier molecular flexibility index (Phi) is 3.72. The van der Waals surface area contributed by atoms with Crippen LogP contribution in [-0.4, -0.2) is 54.6 Å². The van der Waals surface area contributed by atoms with Gasteiger partial charge in [-0.3, -0.25) is 4.90 Å². The lowest BCUT2D eigenvalue weighted by Gasteiger charge is -2.41. The van der Waals surface area contributed by atoms with Gasteiger partial charge in [0.1, 0.15) is 5.54 Å². The Labute approximate surface area is 104 Å². The van der Waals surface area contributed by atoms with Crippen molar-refractivity contribution >= 4 is 0 Å². The van der Waals surface area contributed by atoms with Crippen molar-refractivity contribution in [1.82, 2.24) is 9.80 Å². The molecule has 1 saturated carbocycles. The smallest absolute Gasteiger partial charge is 0.119 e. The molecule has 2 aliphatic rings. The molecule has 1 saturated heterocycles. The SMILES string of the molecule is CCC1CN(CC(N)(C#N)C2CC2)CCN1C. The van der Waals surface area contributed by atoms with E-state index in [9.17, 15) is 5.26 Å². The molecule has 0 aromatic rings. The van der Waals surface area contributed by atoms with Crippen LogP contribution in [0.3, 0.4) is 0 Å². The van der Waals surface area contributed by atoms with E-state index in [-0.39, 0.29) is 0 Å². The third-order valence-electron chi connectivity index (χ3n) is 4.33. The van der Waals surface area contributed by atoms with Gasteiger partial charge in [0.2, 0.25) is 0 Å². The molecule has 2 unspecified atom stereocenters. The van der Waals surface area contributed by atoms with Crippen molar-refractivity contribution in [3.8, 4) is 6.07 Å². The molecule has 17 heavy (non-hydrogen) atoms. The van der Waals surface area contributed by atoms with Gasteiger partial charge in [-0.2, -0.15) is 5.26 Å². The zero-order valence-corrected chi connectivity index (χ0v) is 11.0. The first-order chi connectivity index (χ1) is 8.09. The van der Waals surface area contributed by atoms with Gasteiger partial charge >= 0.3 is 0 Å². The molecule has 2 rings (SSSR count). The Bertz CT molecular complexity index is 307. The van der Waals surface area contributed by atoms with E-state index < -0.39 is 5.54 Å². The van der Waals surface area contributed by atoms with E-state index in [2.05, 4.69) is 29.8 Å². The summed E-state index contributed by atoms with van der Waals surface area (Å²) in [6.45, 7) is 6.16. The maximum Gasteiger partial charge on any atom is 0.119 e. The average molecular weight is 236 g/mol. The zero-order valence-electron chi connectivity index (χ0n) is 11.0. The van der Waals surface area contributed by atoms with Crippen LogP contribution >= 0.6 is 0 Å². The van der Waals surface area contributed by atoms with Crippen molar-refractivity contribution in [3.63, 3.8) is 0 Å². The van der Waals surface area contributed by atoms with E-state index in [1.54, 1.807) is 0 Å². The molecule has 1 aliphatic carbocycles. The molecule has 4 heteroatoms. The number of likely N-dealkylation sites (N-methyl/N-ethyl adjacent to an activating group) is 1. The molecule has 1 aliphatic heterocycles. The number of nitriles is 1. The third kappa shape index (κ3) is 2.79. The molecule has 0 bridgehead atoms. The first-order valence-electron chi connectivity index (χ1n) is 6.71. The number of rotatable bonds is 4. The van der Waals surface area contributed by atoms with E-state index in [4.69, 9.17) is 5.73 Å². The second-order valence-electron chi connectivity index (χ2n) is 5.70. The summed E-state index contributed by atoms with van der Waals surface area (Å²) in [4.78, 5) is 4.80. The number of hydrogen-bond acceptors (Lipinski definition) is 4. The number of hydrogen-bond donors (Lipinski definition) is 1. The molecule has 2 N–H and O–H groups in total. The minimum atomic E-state index is -0.603. The standard InChI is InChI=1S/C13H24N4/c1-3-12-8-17(7-6-16(12)2)10-13(15,9-14)11-4-5-11/h11-12H,3-8,10,15H2,1-2H3. The summed E-state index contributed by atoms with van der Waals surface area (Å²) in [5, 5.41) is 9.29. The van der Waals surface area contributed by atoms with Gasteiger partial charge in [-0.25, -0.2) is 0 Å². The Morgan fingerprint density at radius 3 is 2.65 bits per heavy atom.